The van der Waals surface area contributed by atoms with Gasteiger partial charge in [0.15, 0.2) is 52.4 Å². The number of hydrogen-bond donors (Lipinski definition) is 0. The van der Waals surface area contributed by atoms with Crippen molar-refractivity contribution < 1.29 is 65.9 Å². The van der Waals surface area contributed by atoms with Gasteiger partial charge in [0, 0.05) is 0 Å². The van der Waals surface area contributed by atoms with Crippen LogP contribution in [0.15, 0.2) is 30.3 Å². The molecule has 0 amide bonds. The van der Waals surface area contributed by atoms with Gasteiger partial charge >= 0.3 is 27.3 Å². The van der Waals surface area contributed by atoms with Crippen LogP contribution in [0.2, 0.25) is 0 Å². The molecule has 0 saturated carbocycles. The Hall–Kier alpha value is -3.18. The van der Waals surface area contributed by atoms with Crippen LogP contribution in [0.5, 0.6) is 0 Å². The van der Waals surface area contributed by atoms with E-state index in [2.05, 4.69) is 0 Å². The molecule has 0 spiro atoms. The third-order valence-corrected chi connectivity index (χ3v) is 6.33. The Kier molecular flexibility index (Phi) is 8.87. The fourth-order valence-corrected chi connectivity index (χ4v) is 4.68. The van der Waals surface area contributed by atoms with Crippen LogP contribution < -0.4 is 21.9 Å². The van der Waals surface area contributed by atoms with Crippen molar-refractivity contribution in [1.82, 2.24) is 0 Å². The fourth-order valence-electron chi connectivity index (χ4n) is 4.68. The Balaban J connectivity index is 0.00000462. The number of hydrogen-bond acceptors (Lipinski definition) is 0. The molecule has 0 saturated heterocycles. The van der Waals surface area contributed by atoms with Crippen molar-refractivity contribution >= 4 is 55.3 Å². The first-order chi connectivity index (χ1) is 18.6. The van der Waals surface area contributed by atoms with Gasteiger partial charge in [-0.2, -0.15) is 5.46 Å². The first-order valence-electron chi connectivity index (χ1n) is 10.4. The van der Waals surface area contributed by atoms with E-state index >= 15 is 26.3 Å². The van der Waals surface area contributed by atoms with Crippen molar-refractivity contribution in [3.63, 3.8) is 0 Å². The molecule has 0 fully saturated rings. The molecular weight excluding hydrogens is 788 g/mol. The van der Waals surface area contributed by atoms with Crippen LogP contribution in [0.1, 0.15) is 0 Å². The molecule has 4 aromatic carbocycles. The zero-order valence-corrected chi connectivity index (χ0v) is 23.7. The molecule has 0 nitrogen and oxygen atoms in total. The molecule has 0 aliphatic heterocycles. The summed E-state index contributed by atoms with van der Waals surface area (Å²) in [6, 6.07) is 3.24. The Bertz CT molecular complexity index is 1450. The second-order valence-corrected chi connectivity index (χ2v) is 8.23. The molecule has 0 bridgehead atoms. The Morgan fingerprint density at radius 1 is 0.293 bits per heavy atom. The van der Waals surface area contributed by atoms with E-state index in [1.54, 1.807) is 0 Å². The molecule has 0 aromatic heterocycles. The maximum absolute atomic E-state index is 15.3. The van der Waals surface area contributed by atoms with Crippen LogP contribution in [0.25, 0.3) is 0 Å². The molecular formula is C24H5BF15Tl. The molecule has 0 aliphatic rings. The van der Waals surface area contributed by atoms with E-state index in [1.807, 2.05) is 0 Å². The van der Waals surface area contributed by atoms with Crippen LogP contribution in [0.3, 0.4) is 0 Å². The van der Waals surface area contributed by atoms with E-state index < -0.39 is 115 Å². The average molecular weight is 793 g/mol. The largest absolute Gasteiger partial charge is 1.00 e. The van der Waals surface area contributed by atoms with Crippen molar-refractivity contribution in [2.75, 3.05) is 0 Å². The Morgan fingerprint density at radius 3 is 0.707 bits per heavy atom. The van der Waals surface area contributed by atoms with Crippen LogP contribution in [-0.2, 0) is 0 Å². The summed E-state index contributed by atoms with van der Waals surface area (Å²) < 4.78 is 220. The monoisotopic (exact) mass is 794 g/mol. The van der Waals surface area contributed by atoms with Crippen molar-refractivity contribution in [2.45, 2.75) is 0 Å². The Labute approximate surface area is 238 Å². The SMILES string of the molecule is Fc1c(F)c(F)c([B-](c2ccccc2)(c2c(F)c(F)c(F)c(F)c2F)c2c(F)c(F)c(F)c(F)c2F)c(F)c1F.[Tl+]. The van der Waals surface area contributed by atoms with Gasteiger partial charge in [0.2, 0.25) is 0 Å². The summed E-state index contributed by atoms with van der Waals surface area (Å²) in [4.78, 5) is 0. The Morgan fingerprint density at radius 2 is 0.488 bits per heavy atom. The van der Waals surface area contributed by atoms with E-state index in [1.165, 1.54) is 0 Å². The predicted octanol–water partition coefficient (Wildman–Crippen LogP) is 4.77. The average Bonchev–Trinajstić information content (AvgIpc) is 2.95. The van der Waals surface area contributed by atoms with Gasteiger partial charge in [-0.25, -0.2) is 65.9 Å². The number of halogens is 15. The number of benzene rings is 4. The van der Waals surface area contributed by atoms with Gasteiger partial charge in [0.1, 0.15) is 41.0 Å². The zero-order valence-electron chi connectivity index (χ0n) is 19.2. The van der Waals surface area contributed by atoms with Crippen LogP contribution in [0, 0.1) is 87.3 Å². The summed E-state index contributed by atoms with van der Waals surface area (Å²) in [6.45, 7) is 0. The van der Waals surface area contributed by atoms with Crippen molar-refractivity contribution in [2.24, 2.45) is 0 Å². The van der Waals surface area contributed by atoms with Crippen LogP contribution in [-0.4, -0.2) is 33.4 Å². The molecule has 41 heavy (non-hydrogen) atoms. The van der Waals surface area contributed by atoms with E-state index in [9.17, 15) is 39.5 Å². The molecule has 0 unspecified atom stereocenters. The molecule has 0 aliphatic carbocycles. The third-order valence-electron chi connectivity index (χ3n) is 6.33. The molecule has 17 heteroatoms. The van der Waals surface area contributed by atoms with Gasteiger partial charge in [-0.15, -0.1) is 16.4 Å². The second kappa shape index (κ2) is 11.2. The minimum atomic E-state index is -5.72. The zero-order chi connectivity index (χ0) is 30.0. The van der Waals surface area contributed by atoms with Crippen molar-refractivity contribution in [3.05, 3.63) is 118 Å². The summed E-state index contributed by atoms with van der Waals surface area (Å²) in [7, 11) is 0. The first kappa shape index (κ1) is 32.3. The van der Waals surface area contributed by atoms with Crippen LogP contribution in [0.4, 0.5) is 65.9 Å². The maximum Gasteiger partial charge on any atom is 1.00 e. The van der Waals surface area contributed by atoms with Gasteiger partial charge in [0.05, 0.1) is 0 Å². The summed E-state index contributed by atoms with van der Waals surface area (Å²) in [5.74, 6) is -45.5. The minimum absolute atomic E-state index is 0. The quantitative estimate of drug-likeness (QED) is 0.121. The summed E-state index contributed by atoms with van der Waals surface area (Å²) in [5, 5.41) is 0. The van der Waals surface area contributed by atoms with E-state index in [0.29, 0.717) is 12.1 Å². The van der Waals surface area contributed by atoms with Crippen molar-refractivity contribution in [1.29, 1.82) is 0 Å². The molecule has 0 radical (unpaired) electrons. The first-order valence-corrected chi connectivity index (χ1v) is 10.4. The van der Waals surface area contributed by atoms with Crippen molar-refractivity contribution in [3.8, 4) is 0 Å². The van der Waals surface area contributed by atoms with Gasteiger partial charge in [-0.05, 0) is 0 Å². The predicted molar refractivity (Wildman–Crippen MR) is 115 cm³/mol. The van der Waals surface area contributed by atoms with E-state index in [-0.39, 0.29) is 27.3 Å². The van der Waals surface area contributed by atoms with Gasteiger partial charge in [0.25, 0.3) is 0 Å². The second-order valence-electron chi connectivity index (χ2n) is 8.23. The van der Waals surface area contributed by atoms with Crippen LogP contribution >= 0.6 is 0 Å². The normalized spacial score (nSPS) is 11.6. The summed E-state index contributed by atoms with van der Waals surface area (Å²) in [5.41, 5.74) is -9.41. The minimum Gasteiger partial charge on any atom is -0.207 e. The van der Waals surface area contributed by atoms with E-state index in [0.717, 1.165) is 18.2 Å². The summed E-state index contributed by atoms with van der Waals surface area (Å²) in [6.07, 6.45) is -5.72. The standard InChI is InChI=1S/C24H5BF15.Tl/c26-10-7(11(27)17(33)22(38)16(10)32)25(6-4-2-1-3-5-6,8-12(28)18(34)23(39)19(35)13(8)29)9-14(30)20(36)24(40)21(37)15(9)31;/h1-5H;/q-1;+1. The van der Waals surface area contributed by atoms with E-state index in [4.69, 9.17) is 0 Å². The van der Waals surface area contributed by atoms with Gasteiger partial charge in [-0.3, -0.25) is 0 Å². The molecule has 0 N–H and O–H groups in total. The third kappa shape index (κ3) is 4.39. The molecule has 4 aromatic rings. The number of rotatable bonds is 4. The fraction of sp³-hybridized carbons (Fsp3) is 0. The molecule has 4 rings (SSSR count). The topological polar surface area (TPSA) is 0 Å². The smallest absolute Gasteiger partial charge is 0.207 e. The van der Waals surface area contributed by atoms with Gasteiger partial charge < -0.3 is 0 Å². The maximum atomic E-state index is 15.3. The van der Waals surface area contributed by atoms with Gasteiger partial charge in [-0.1, -0.05) is 30.3 Å². The molecule has 0 heterocycles. The summed E-state index contributed by atoms with van der Waals surface area (Å²) >= 11 is 0. The molecule has 0 atom stereocenters. The molecule has 212 valence electrons.